The first-order valence-electron chi connectivity index (χ1n) is 4.08. The van der Waals surface area contributed by atoms with Crippen molar-refractivity contribution in [2.45, 2.75) is 18.9 Å². The van der Waals surface area contributed by atoms with Crippen LogP contribution in [0.3, 0.4) is 0 Å². The summed E-state index contributed by atoms with van der Waals surface area (Å²) in [5.74, 6) is 0. The average molecular weight is 166 g/mol. The summed E-state index contributed by atoms with van der Waals surface area (Å²) in [4.78, 5) is 3.91. The topological polar surface area (TPSA) is 59.1 Å². The molecule has 1 unspecified atom stereocenters. The highest BCUT2D eigenvalue weighted by Gasteiger charge is 1.99. The third-order valence-electron chi connectivity index (χ3n) is 1.79. The van der Waals surface area contributed by atoms with Crippen molar-refractivity contribution in [3.05, 3.63) is 30.1 Å². The number of hydrogen-bond acceptors (Lipinski definition) is 3. The lowest BCUT2D eigenvalue weighted by molar-refractivity contribution is 0.260. The Hall–Kier alpha value is -0.930. The molecular weight excluding hydrogens is 152 g/mol. The van der Waals surface area contributed by atoms with E-state index in [9.17, 15) is 0 Å². The van der Waals surface area contributed by atoms with Crippen molar-refractivity contribution in [2.75, 3.05) is 6.61 Å². The van der Waals surface area contributed by atoms with Gasteiger partial charge in [0, 0.05) is 18.4 Å². The largest absolute Gasteiger partial charge is 0.395 e. The molecule has 12 heavy (non-hydrogen) atoms. The van der Waals surface area contributed by atoms with E-state index < -0.39 is 0 Å². The van der Waals surface area contributed by atoms with Gasteiger partial charge in [0.1, 0.15) is 0 Å². The van der Waals surface area contributed by atoms with Crippen LogP contribution in [0.4, 0.5) is 0 Å². The maximum absolute atomic E-state index is 8.68. The van der Waals surface area contributed by atoms with Crippen molar-refractivity contribution in [3.8, 4) is 0 Å². The third kappa shape index (κ3) is 2.98. The number of nitrogens with two attached hydrogens (primary N) is 1. The Morgan fingerprint density at radius 3 is 2.67 bits per heavy atom. The molecule has 0 aliphatic rings. The Labute approximate surface area is 72.2 Å². The van der Waals surface area contributed by atoms with Crippen LogP contribution in [-0.2, 0) is 6.42 Å². The van der Waals surface area contributed by atoms with Gasteiger partial charge in [0.05, 0.1) is 6.61 Å². The number of aliphatic hydroxyl groups is 1. The van der Waals surface area contributed by atoms with E-state index in [-0.39, 0.29) is 12.6 Å². The zero-order valence-electron chi connectivity index (χ0n) is 6.98. The zero-order chi connectivity index (χ0) is 8.81. The van der Waals surface area contributed by atoms with Crippen molar-refractivity contribution in [2.24, 2.45) is 5.73 Å². The molecule has 3 heteroatoms. The van der Waals surface area contributed by atoms with Crippen LogP contribution < -0.4 is 5.73 Å². The number of pyridine rings is 1. The van der Waals surface area contributed by atoms with Crippen molar-refractivity contribution in [1.82, 2.24) is 4.98 Å². The molecular formula is C9H14N2O. The second-order valence-electron chi connectivity index (χ2n) is 2.84. The summed E-state index contributed by atoms with van der Waals surface area (Å²) in [6.45, 7) is 0.0606. The molecule has 66 valence electrons. The summed E-state index contributed by atoms with van der Waals surface area (Å²) in [7, 11) is 0. The van der Waals surface area contributed by atoms with Crippen LogP contribution in [0.5, 0.6) is 0 Å². The SMILES string of the molecule is NC(CO)CCc1ccncc1. The van der Waals surface area contributed by atoms with E-state index in [1.54, 1.807) is 12.4 Å². The van der Waals surface area contributed by atoms with Gasteiger partial charge in [-0.25, -0.2) is 0 Å². The lowest BCUT2D eigenvalue weighted by Crippen LogP contribution is -2.24. The summed E-state index contributed by atoms with van der Waals surface area (Å²) >= 11 is 0. The molecule has 0 radical (unpaired) electrons. The fraction of sp³-hybridized carbons (Fsp3) is 0.444. The highest BCUT2D eigenvalue weighted by atomic mass is 16.3. The summed E-state index contributed by atoms with van der Waals surface area (Å²) in [6, 6.07) is 3.83. The molecule has 0 aromatic carbocycles. The van der Waals surface area contributed by atoms with Crippen molar-refractivity contribution in [3.63, 3.8) is 0 Å². The smallest absolute Gasteiger partial charge is 0.0582 e. The minimum absolute atomic E-state index is 0.0606. The summed E-state index contributed by atoms with van der Waals surface area (Å²) in [5.41, 5.74) is 6.77. The molecule has 0 spiro atoms. The molecule has 0 fully saturated rings. The molecule has 0 aliphatic heterocycles. The second kappa shape index (κ2) is 4.85. The van der Waals surface area contributed by atoms with E-state index in [1.165, 1.54) is 5.56 Å². The molecule has 3 N–H and O–H groups in total. The average Bonchev–Trinajstić information content (AvgIpc) is 2.16. The first-order chi connectivity index (χ1) is 5.83. The summed E-state index contributed by atoms with van der Waals surface area (Å²) < 4.78 is 0. The Morgan fingerprint density at radius 2 is 2.08 bits per heavy atom. The van der Waals surface area contributed by atoms with Gasteiger partial charge < -0.3 is 10.8 Å². The lowest BCUT2D eigenvalue weighted by atomic mass is 10.1. The van der Waals surface area contributed by atoms with Crippen LogP contribution in [0.2, 0.25) is 0 Å². The Bertz CT molecular complexity index is 213. The molecule has 0 saturated carbocycles. The van der Waals surface area contributed by atoms with Gasteiger partial charge in [0.2, 0.25) is 0 Å². The monoisotopic (exact) mass is 166 g/mol. The van der Waals surface area contributed by atoms with E-state index in [2.05, 4.69) is 4.98 Å². The Balaban J connectivity index is 2.33. The maximum Gasteiger partial charge on any atom is 0.0582 e. The summed E-state index contributed by atoms with van der Waals surface area (Å²) in [6.07, 6.45) is 5.25. The number of aliphatic hydroxyl groups excluding tert-OH is 1. The molecule has 1 aromatic rings. The van der Waals surface area contributed by atoms with Gasteiger partial charge >= 0.3 is 0 Å². The normalized spacial score (nSPS) is 12.8. The van der Waals surface area contributed by atoms with Gasteiger partial charge in [-0.3, -0.25) is 4.98 Å². The maximum atomic E-state index is 8.68. The number of aromatic nitrogens is 1. The minimum atomic E-state index is -0.0989. The van der Waals surface area contributed by atoms with E-state index >= 15 is 0 Å². The molecule has 3 nitrogen and oxygen atoms in total. The van der Waals surface area contributed by atoms with Crippen LogP contribution in [0.1, 0.15) is 12.0 Å². The molecule has 1 atom stereocenters. The molecule has 0 bridgehead atoms. The van der Waals surface area contributed by atoms with E-state index in [1.807, 2.05) is 12.1 Å². The molecule has 0 aliphatic carbocycles. The van der Waals surface area contributed by atoms with Gasteiger partial charge in [0.15, 0.2) is 0 Å². The van der Waals surface area contributed by atoms with Gasteiger partial charge in [0.25, 0.3) is 0 Å². The lowest BCUT2D eigenvalue weighted by Gasteiger charge is -2.06. The van der Waals surface area contributed by atoms with Gasteiger partial charge in [-0.05, 0) is 30.5 Å². The Morgan fingerprint density at radius 1 is 1.42 bits per heavy atom. The molecule has 1 heterocycles. The highest BCUT2D eigenvalue weighted by molar-refractivity contribution is 5.09. The predicted octanol–water partition coefficient (Wildman–Crippen LogP) is 0.334. The number of nitrogens with zero attached hydrogens (tertiary/aromatic N) is 1. The minimum Gasteiger partial charge on any atom is -0.395 e. The molecule has 0 amide bonds. The van der Waals surface area contributed by atoms with Crippen molar-refractivity contribution >= 4 is 0 Å². The van der Waals surface area contributed by atoms with Crippen LogP contribution >= 0.6 is 0 Å². The first kappa shape index (κ1) is 9.16. The van der Waals surface area contributed by atoms with Crippen LogP contribution in [0, 0.1) is 0 Å². The predicted molar refractivity (Wildman–Crippen MR) is 47.6 cm³/mol. The number of hydrogen-bond donors (Lipinski definition) is 2. The van der Waals surface area contributed by atoms with Gasteiger partial charge in [-0.15, -0.1) is 0 Å². The van der Waals surface area contributed by atoms with E-state index in [0.29, 0.717) is 0 Å². The van der Waals surface area contributed by atoms with Crippen molar-refractivity contribution in [1.29, 1.82) is 0 Å². The Kier molecular flexibility index (Phi) is 3.70. The number of aryl methyl sites for hydroxylation is 1. The third-order valence-corrected chi connectivity index (χ3v) is 1.79. The fourth-order valence-corrected chi connectivity index (χ4v) is 0.993. The van der Waals surface area contributed by atoms with Gasteiger partial charge in [-0.1, -0.05) is 0 Å². The van der Waals surface area contributed by atoms with E-state index in [0.717, 1.165) is 12.8 Å². The quantitative estimate of drug-likeness (QED) is 0.677. The van der Waals surface area contributed by atoms with Crippen molar-refractivity contribution < 1.29 is 5.11 Å². The fourth-order valence-electron chi connectivity index (χ4n) is 0.993. The molecule has 1 aromatic heterocycles. The molecule has 1 rings (SSSR count). The van der Waals surface area contributed by atoms with Crippen LogP contribution in [-0.4, -0.2) is 22.7 Å². The molecule has 0 saturated heterocycles. The van der Waals surface area contributed by atoms with Crippen LogP contribution in [0.25, 0.3) is 0 Å². The zero-order valence-corrected chi connectivity index (χ0v) is 6.98. The number of rotatable bonds is 4. The van der Waals surface area contributed by atoms with E-state index in [4.69, 9.17) is 10.8 Å². The second-order valence-corrected chi connectivity index (χ2v) is 2.84. The first-order valence-corrected chi connectivity index (χ1v) is 4.08. The highest BCUT2D eigenvalue weighted by Crippen LogP contribution is 2.01. The standard InChI is InChI=1S/C9H14N2O/c10-9(7-12)2-1-8-3-5-11-6-4-8/h3-6,9,12H,1-2,7,10H2. The van der Waals surface area contributed by atoms with Crippen LogP contribution in [0.15, 0.2) is 24.5 Å². The summed E-state index contributed by atoms with van der Waals surface area (Å²) in [5, 5.41) is 8.68. The van der Waals surface area contributed by atoms with Gasteiger partial charge in [-0.2, -0.15) is 0 Å².